The van der Waals surface area contributed by atoms with E-state index in [9.17, 15) is 4.79 Å². The average molecular weight is 257 g/mol. The molecule has 0 aliphatic carbocycles. The molecular weight excluding hydrogens is 240 g/mol. The number of amides is 1. The van der Waals surface area contributed by atoms with Gasteiger partial charge >= 0.3 is 0 Å². The van der Waals surface area contributed by atoms with Crippen LogP contribution in [0, 0.1) is 0 Å². The predicted octanol–water partition coefficient (Wildman–Crippen LogP) is 1.87. The highest BCUT2D eigenvalue weighted by molar-refractivity contribution is 6.32. The summed E-state index contributed by atoms with van der Waals surface area (Å²) in [4.78, 5) is 11.2. The van der Waals surface area contributed by atoms with Gasteiger partial charge in [-0.2, -0.15) is 0 Å². The molecule has 94 valence electrons. The summed E-state index contributed by atoms with van der Waals surface area (Å²) in [5.41, 5.74) is 6.73. The van der Waals surface area contributed by atoms with Gasteiger partial charge in [0.15, 0.2) is 0 Å². The molecule has 0 bridgehead atoms. The van der Waals surface area contributed by atoms with Crippen LogP contribution in [-0.2, 0) is 4.79 Å². The smallest absolute Gasteiger partial charge is 0.221 e. The number of rotatable bonds is 5. The van der Waals surface area contributed by atoms with Crippen LogP contribution in [0.15, 0.2) is 18.2 Å². The summed E-state index contributed by atoms with van der Waals surface area (Å²) in [7, 11) is 1.58. The molecule has 1 unspecified atom stereocenters. The molecule has 1 amide bonds. The lowest BCUT2D eigenvalue weighted by Gasteiger charge is -2.13. The highest BCUT2D eigenvalue weighted by Gasteiger charge is 2.12. The molecule has 0 aliphatic heterocycles. The van der Waals surface area contributed by atoms with Crippen molar-refractivity contribution in [1.29, 1.82) is 0 Å². The van der Waals surface area contributed by atoms with Crippen LogP contribution in [0.2, 0.25) is 5.02 Å². The van der Waals surface area contributed by atoms with Crippen LogP contribution in [0.25, 0.3) is 0 Å². The summed E-state index contributed by atoms with van der Waals surface area (Å²) in [6.45, 7) is 2.45. The molecule has 4 nitrogen and oxygen atoms in total. The molecule has 0 aromatic heterocycles. The lowest BCUT2D eigenvalue weighted by atomic mass is 10.0. The van der Waals surface area contributed by atoms with Crippen LogP contribution in [0.3, 0.4) is 0 Å². The third kappa shape index (κ3) is 3.91. The molecule has 17 heavy (non-hydrogen) atoms. The maximum atomic E-state index is 11.2. The molecule has 1 aromatic rings. The minimum absolute atomic E-state index is 0.0949. The van der Waals surface area contributed by atoms with E-state index in [1.165, 1.54) is 0 Å². The summed E-state index contributed by atoms with van der Waals surface area (Å²) in [6.07, 6.45) is 0.237. The number of benzene rings is 1. The molecule has 0 radical (unpaired) electrons. The van der Waals surface area contributed by atoms with Gasteiger partial charge in [-0.3, -0.25) is 4.79 Å². The van der Waals surface area contributed by atoms with Gasteiger partial charge < -0.3 is 15.8 Å². The first-order valence-corrected chi connectivity index (χ1v) is 5.84. The number of nitrogens with two attached hydrogens (primary N) is 1. The molecule has 1 aromatic carbocycles. The molecule has 1 rings (SSSR count). The fourth-order valence-corrected chi connectivity index (χ4v) is 1.68. The van der Waals surface area contributed by atoms with E-state index in [1.807, 2.05) is 13.0 Å². The molecule has 0 heterocycles. The first kappa shape index (κ1) is 13.8. The Kier molecular flexibility index (Phi) is 5.25. The van der Waals surface area contributed by atoms with Crippen LogP contribution >= 0.6 is 11.6 Å². The molecule has 5 heteroatoms. The second-order valence-electron chi connectivity index (χ2n) is 3.61. The molecule has 0 saturated heterocycles. The zero-order chi connectivity index (χ0) is 12.8. The van der Waals surface area contributed by atoms with E-state index in [1.54, 1.807) is 19.2 Å². The van der Waals surface area contributed by atoms with Crippen molar-refractivity contribution in [2.75, 3.05) is 13.7 Å². The summed E-state index contributed by atoms with van der Waals surface area (Å²) < 4.78 is 5.32. The summed E-state index contributed by atoms with van der Waals surface area (Å²) in [6, 6.07) is 4.97. The molecular formula is C12H17ClN2O2. The fourth-order valence-electron chi connectivity index (χ4n) is 1.44. The van der Waals surface area contributed by atoms with E-state index < -0.39 is 0 Å². The third-order valence-corrected chi connectivity index (χ3v) is 2.66. The van der Waals surface area contributed by atoms with Gasteiger partial charge in [-0.05, 0) is 24.6 Å². The largest absolute Gasteiger partial charge is 0.492 e. The highest BCUT2D eigenvalue weighted by Crippen LogP contribution is 2.28. The Morgan fingerprint density at radius 3 is 2.82 bits per heavy atom. The standard InChI is InChI=1S/C12H17ClN2O2/c1-3-17-11-5-4-8(6-9(11)13)10(14)7-12(16)15-2/h4-6,10H,3,7,14H2,1-2H3,(H,15,16). The van der Waals surface area contributed by atoms with Gasteiger partial charge in [-0.1, -0.05) is 17.7 Å². The van der Waals surface area contributed by atoms with Gasteiger partial charge in [-0.25, -0.2) is 0 Å². The van der Waals surface area contributed by atoms with E-state index in [0.29, 0.717) is 17.4 Å². The molecule has 3 N–H and O–H groups in total. The quantitative estimate of drug-likeness (QED) is 0.845. The number of halogens is 1. The maximum absolute atomic E-state index is 11.2. The second-order valence-corrected chi connectivity index (χ2v) is 4.01. The van der Waals surface area contributed by atoms with E-state index in [4.69, 9.17) is 22.1 Å². The second kappa shape index (κ2) is 6.47. The van der Waals surface area contributed by atoms with Gasteiger partial charge in [0.25, 0.3) is 0 Å². The molecule has 0 aliphatic rings. The number of carbonyl (C=O) groups is 1. The van der Waals surface area contributed by atoms with Gasteiger partial charge in [0.05, 0.1) is 11.6 Å². The Labute approximate surface area is 106 Å². The Morgan fingerprint density at radius 2 is 2.29 bits per heavy atom. The number of nitrogens with one attached hydrogen (secondary N) is 1. The van der Waals surface area contributed by atoms with Crippen LogP contribution in [0.1, 0.15) is 24.9 Å². The van der Waals surface area contributed by atoms with Crippen molar-refractivity contribution < 1.29 is 9.53 Å². The number of carbonyl (C=O) groups excluding carboxylic acids is 1. The van der Waals surface area contributed by atoms with Crippen LogP contribution in [-0.4, -0.2) is 19.6 Å². The van der Waals surface area contributed by atoms with E-state index in [0.717, 1.165) is 5.56 Å². The van der Waals surface area contributed by atoms with Crippen molar-refractivity contribution in [3.63, 3.8) is 0 Å². The lowest BCUT2D eigenvalue weighted by Crippen LogP contribution is -2.24. The first-order valence-electron chi connectivity index (χ1n) is 5.46. The van der Waals surface area contributed by atoms with Crippen molar-refractivity contribution in [3.05, 3.63) is 28.8 Å². The summed E-state index contributed by atoms with van der Waals surface area (Å²) in [5, 5.41) is 3.05. The van der Waals surface area contributed by atoms with Crippen molar-refractivity contribution in [2.45, 2.75) is 19.4 Å². The zero-order valence-corrected chi connectivity index (χ0v) is 10.8. The minimum Gasteiger partial charge on any atom is -0.492 e. The lowest BCUT2D eigenvalue weighted by molar-refractivity contribution is -0.120. The van der Waals surface area contributed by atoms with E-state index >= 15 is 0 Å². The number of ether oxygens (including phenoxy) is 1. The predicted molar refractivity (Wildman–Crippen MR) is 68.2 cm³/mol. The molecule has 0 saturated carbocycles. The SMILES string of the molecule is CCOc1ccc(C(N)CC(=O)NC)cc1Cl. The molecule has 1 atom stereocenters. The van der Waals surface area contributed by atoms with Crippen molar-refractivity contribution in [2.24, 2.45) is 5.73 Å². The molecule has 0 spiro atoms. The highest BCUT2D eigenvalue weighted by atomic mass is 35.5. The van der Waals surface area contributed by atoms with Crippen molar-refractivity contribution in [1.82, 2.24) is 5.32 Å². The third-order valence-electron chi connectivity index (χ3n) is 2.37. The van der Waals surface area contributed by atoms with E-state index in [2.05, 4.69) is 5.32 Å². The van der Waals surface area contributed by atoms with Gasteiger partial charge in [0, 0.05) is 19.5 Å². The maximum Gasteiger partial charge on any atom is 0.221 e. The number of hydrogen-bond acceptors (Lipinski definition) is 3. The van der Waals surface area contributed by atoms with Crippen molar-refractivity contribution >= 4 is 17.5 Å². The van der Waals surface area contributed by atoms with Crippen LogP contribution in [0.5, 0.6) is 5.75 Å². The Hall–Kier alpha value is -1.26. The minimum atomic E-state index is -0.358. The monoisotopic (exact) mass is 256 g/mol. The van der Waals surface area contributed by atoms with Gasteiger partial charge in [0.1, 0.15) is 5.75 Å². The zero-order valence-electron chi connectivity index (χ0n) is 10.00. The Bertz CT molecular complexity index is 396. The van der Waals surface area contributed by atoms with Crippen LogP contribution < -0.4 is 15.8 Å². The fraction of sp³-hybridized carbons (Fsp3) is 0.417. The Morgan fingerprint density at radius 1 is 1.59 bits per heavy atom. The summed E-state index contributed by atoms with van der Waals surface area (Å²) in [5.74, 6) is 0.535. The topological polar surface area (TPSA) is 64.3 Å². The summed E-state index contributed by atoms with van der Waals surface area (Å²) >= 11 is 6.04. The average Bonchev–Trinajstić information content (AvgIpc) is 2.31. The van der Waals surface area contributed by atoms with Crippen molar-refractivity contribution in [3.8, 4) is 5.75 Å². The normalized spacial score (nSPS) is 12.0. The molecule has 0 fully saturated rings. The van der Waals surface area contributed by atoms with E-state index in [-0.39, 0.29) is 18.4 Å². The Balaban J connectivity index is 2.78. The van der Waals surface area contributed by atoms with Gasteiger partial charge in [-0.15, -0.1) is 0 Å². The van der Waals surface area contributed by atoms with Crippen LogP contribution in [0.4, 0.5) is 0 Å². The first-order chi connectivity index (χ1) is 8.08. The number of hydrogen-bond donors (Lipinski definition) is 2. The van der Waals surface area contributed by atoms with Gasteiger partial charge in [0.2, 0.25) is 5.91 Å².